The molecular weight excluding hydrogens is 347 g/mol. The van der Waals surface area contributed by atoms with Crippen LogP contribution in [0.15, 0.2) is 18.2 Å². The van der Waals surface area contributed by atoms with Gasteiger partial charge in [-0.15, -0.1) is 0 Å². The van der Waals surface area contributed by atoms with Gasteiger partial charge in [0.2, 0.25) is 5.91 Å². The fraction of sp³-hybridized carbons (Fsp3) is 0.556. The maximum atomic E-state index is 13.3. The summed E-state index contributed by atoms with van der Waals surface area (Å²) in [5, 5.41) is 9.12. The van der Waals surface area contributed by atoms with Crippen LogP contribution < -0.4 is 0 Å². The molecule has 3 rings (SSSR count). The Hall–Kier alpha value is -1.66. The van der Waals surface area contributed by atoms with Crippen molar-refractivity contribution in [2.24, 2.45) is 5.41 Å². The van der Waals surface area contributed by atoms with Crippen molar-refractivity contribution in [3.05, 3.63) is 34.6 Å². The van der Waals surface area contributed by atoms with E-state index in [1.807, 2.05) is 0 Å². The van der Waals surface area contributed by atoms with Gasteiger partial charge in [-0.1, -0.05) is 17.7 Å². The lowest BCUT2D eigenvalue weighted by Gasteiger charge is -2.47. The molecule has 2 aliphatic heterocycles. The Balaban J connectivity index is 1.58. The fourth-order valence-corrected chi connectivity index (χ4v) is 4.10. The monoisotopic (exact) mass is 368 g/mol. The SMILES string of the molecule is O=C(O)CN1CC2(CCC1=O)CCN(Cc1ccc(F)c(Cl)c1)CC2. The third-order valence-corrected chi connectivity index (χ3v) is 5.67. The lowest BCUT2D eigenvalue weighted by atomic mass is 9.72. The number of aliphatic carboxylic acids is 1. The van der Waals surface area contributed by atoms with Gasteiger partial charge in [-0.3, -0.25) is 14.5 Å². The molecule has 0 aromatic heterocycles. The first-order valence-corrected chi connectivity index (χ1v) is 8.91. The van der Waals surface area contributed by atoms with Gasteiger partial charge in [0.25, 0.3) is 0 Å². The zero-order valence-corrected chi connectivity index (χ0v) is 14.8. The molecule has 0 atom stereocenters. The van der Waals surface area contributed by atoms with Crippen molar-refractivity contribution in [1.29, 1.82) is 0 Å². The topological polar surface area (TPSA) is 60.9 Å². The van der Waals surface area contributed by atoms with Crippen LogP contribution in [0.1, 0.15) is 31.2 Å². The van der Waals surface area contributed by atoms with Crippen molar-refractivity contribution in [2.75, 3.05) is 26.2 Å². The van der Waals surface area contributed by atoms with E-state index >= 15 is 0 Å². The highest BCUT2D eigenvalue weighted by molar-refractivity contribution is 6.30. The van der Waals surface area contributed by atoms with E-state index in [4.69, 9.17) is 16.7 Å². The maximum Gasteiger partial charge on any atom is 0.323 e. The molecule has 0 saturated carbocycles. The molecule has 1 N–H and O–H groups in total. The first kappa shape index (κ1) is 18.1. The second-order valence-corrected chi connectivity index (χ2v) is 7.58. The summed E-state index contributed by atoms with van der Waals surface area (Å²) in [5.74, 6) is -1.43. The summed E-state index contributed by atoms with van der Waals surface area (Å²) in [7, 11) is 0. The van der Waals surface area contributed by atoms with Gasteiger partial charge >= 0.3 is 5.97 Å². The van der Waals surface area contributed by atoms with Gasteiger partial charge in [-0.05, 0) is 55.5 Å². The first-order valence-electron chi connectivity index (χ1n) is 8.53. The smallest absolute Gasteiger partial charge is 0.323 e. The maximum absolute atomic E-state index is 13.3. The average molecular weight is 369 g/mol. The number of hydrogen-bond donors (Lipinski definition) is 1. The van der Waals surface area contributed by atoms with Crippen LogP contribution in [0.25, 0.3) is 0 Å². The minimum atomic E-state index is -0.962. The third kappa shape index (κ3) is 4.30. The number of benzene rings is 1. The second-order valence-electron chi connectivity index (χ2n) is 7.17. The highest BCUT2D eigenvalue weighted by atomic mass is 35.5. The van der Waals surface area contributed by atoms with Gasteiger partial charge < -0.3 is 10.0 Å². The number of nitrogens with zero attached hydrogens (tertiary/aromatic N) is 2. The van der Waals surface area contributed by atoms with E-state index in [-0.39, 0.29) is 22.9 Å². The Morgan fingerprint density at radius 3 is 2.64 bits per heavy atom. The minimum Gasteiger partial charge on any atom is -0.480 e. The summed E-state index contributed by atoms with van der Waals surface area (Å²) in [4.78, 5) is 26.7. The molecule has 2 saturated heterocycles. The van der Waals surface area contributed by atoms with Crippen molar-refractivity contribution in [2.45, 2.75) is 32.2 Å². The van der Waals surface area contributed by atoms with Crippen LogP contribution in [0.3, 0.4) is 0 Å². The lowest BCUT2D eigenvalue weighted by Crippen LogP contribution is -2.52. The molecule has 1 spiro atoms. The standard InChI is InChI=1S/C18H22ClFN2O3/c19-14-9-13(1-2-15(14)20)10-21-7-5-18(6-8-21)4-3-16(23)22(12-18)11-17(24)25/h1-2,9H,3-8,10-12H2,(H,24,25). The number of hydrogen-bond acceptors (Lipinski definition) is 3. The Labute approximate surface area is 151 Å². The van der Waals surface area contributed by atoms with Gasteiger partial charge in [0, 0.05) is 19.5 Å². The molecule has 0 unspecified atom stereocenters. The number of carboxylic acid groups (broad SMARTS) is 1. The molecule has 1 aromatic carbocycles. The summed E-state index contributed by atoms with van der Waals surface area (Å²) < 4.78 is 13.3. The lowest BCUT2D eigenvalue weighted by molar-refractivity contribution is -0.149. The quantitative estimate of drug-likeness (QED) is 0.887. The van der Waals surface area contributed by atoms with Crippen LogP contribution in [-0.2, 0) is 16.1 Å². The van der Waals surface area contributed by atoms with Gasteiger partial charge in [0.15, 0.2) is 0 Å². The Morgan fingerprint density at radius 1 is 1.28 bits per heavy atom. The summed E-state index contributed by atoms with van der Waals surface area (Å²) in [6, 6.07) is 4.80. The Morgan fingerprint density at radius 2 is 2.00 bits per heavy atom. The number of likely N-dealkylation sites (tertiary alicyclic amines) is 2. The number of carbonyl (C=O) groups is 2. The van der Waals surface area contributed by atoms with E-state index in [1.165, 1.54) is 11.0 Å². The van der Waals surface area contributed by atoms with Crippen LogP contribution in [-0.4, -0.2) is 53.0 Å². The highest BCUT2D eigenvalue weighted by Crippen LogP contribution is 2.40. The van der Waals surface area contributed by atoms with Crippen LogP contribution in [0.4, 0.5) is 4.39 Å². The minimum absolute atomic E-state index is 0.0281. The molecule has 0 bridgehead atoms. The number of amides is 1. The zero-order valence-electron chi connectivity index (χ0n) is 14.0. The van der Waals surface area contributed by atoms with E-state index in [9.17, 15) is 14.0 Å². The summed E-state index contributed by atoms with van der Waals surface area (Å²) in [5.41, 5.74) is 1.01. The number of halogens is 2. The molecule has 0 radical (unpaired) electrons. The van der Waals surface area contributed by atoms with Crippen molar-refractivity contribution in [3.63, 3.8) is 0 Å². The van der Waals surface area contributed by atoms with Crippen LogP contribution in [0.5, 0.6) is 0 Å². The molecule has 25 heavy (non-hydrogen) atoms. The van der Waals surface area contributed by atoms with E-state index in [0.717, 1.165) is 37.9 Å². The summed E-state index contributed by atoms with van der Waals surface area (Å²) in [6.07, 6.45) is 3.13. The van der Waals surface area contributed by atoms with E-state index in [2.05, 4.69) is 4.90 Å². The predicted octanol–water partition coefficient (Wildman–Crippen LogP) is 2.77. The number of carboxylic acids is 1. The van der Waals surface area contributed by atoms with Crippen molar-refractivity contribution in [1.82, 2.24) is 9.80 Å². The zero-order chi connectivity index (χ0) is 18.0. The third-order valence-electron chi connectivity index (χ3n) is 5.38. The second kappa shape index (κ2) is 7.30. The van der Waals surface area contributed by atoms with Gasteiger partial charge in [0.05, 0.1) is 5.02 Å². The fourth-order valence-electron chi connectivity index (χ4n) is 3.90. The average Bonchev–Trinajstić information content (AvgIpc) is 2.56. The predicted molar refractivity (Wildman–Crippen MR) is 91.8 cm³/mol. The van der Waals surface area contributed by atoms with Crippen LogP contribution in [0.2, 0.25) is 5.02 Å². The molecule has 136 valence electrons. The molecule has 2 heterocycles. The Kier molecular flexibility index (Phi) is 5.29. The first-order chi connectivity index (χ1) is 11.9. The number of piperidine rings is 2. The molecular formula is C18H22ClFN2O3. The molecule has 1 aromatic rings. The van der Waals surface area contributed by atoms with E-state index in [0.29, 0.717) is 19.5 Å². The van der Waals surface area contributed by atoms with Gasteiger partial charge in [0.1, 0.15) is 12.4 Å². The molecule has 1 amide bonds. The molecule has 5 nitrogen and oxygen atoms in total. The van der Waals surface area contributed by atoms with Crippen molar-refractivity contribution < 1.29 is 19.1 Å². The number of rotatable bonds is 4. The molecule has 7 heteroatoms. The van der Waals surface area contributed by atoms with E-state index < -0.39 is 11.8 Å². The normalized spacial score (nSPS) is 20.9. The van der Waals surface area contributed by atoms with Crippen LogP contribution >= 0.6 is 11.6 Å². The van der Waals surface area contributed by atoms with Crippen molar-refractivity contribution in [3.8, 4) is 0 Å². The molecule has 0 aliphatic carbocycles. The molecule has 2 fully saturated rings. The highest BCUT2D eigenvalue weighted by Gasteiger charge is 2.41. The Bertz CT molecular complexity index is 674. The van der Waals surface area contributed by atoms with E-state index in [1.54, 1.807) is 12.1 Å². The largest absolute Gasteiger partial charge is 0.480 e. The van der Waals surface area contributed by atoms with Crippen molar-refractivity contribution >= 4 is 23.5 Å². The van der Waals surface area contributed by atoms with Gasteiger partial charge in [-0.2, -0.15) is 0 Å². The summed E-state index contributed by atoms with van der Waals surface area (Å²) >= 11 is 5.84. The molecule has 2 aliphatic rings. The number of carbonyl (C=O) groups excluding carboxylic acids is 1. The van der Waals surface area contributed by atoms with Crippen LogP contribution in [0, 0.1) is 11.2 Å². The summed E-state index contributed by atoms with van der Waals surface area (Å²) in [6.45, 7) is 2.80. The van der Waals surface area contributed by atoms with Gasteiger partial charge in [-0.25, -0.2) is 4.39 Å².